The van der Waals surface area contributed by atoms with Crippen molar-refractivity contribution in [3.05, 3.63) is 162 Å². The first-order valence-electron chi connectivity index (χ1n) is 39.4. The molecule has 37 nitrogen and oxygen atoms in total. The zero-order valence-corrected chi connectivity index (χ0v) is 68.7. The second kappa shape index (κ2) is 38.7. The van der Waals surface area contributed by atoms with Crippen LogP contribution >= 0.6 is 46.4 Å². The van der Waals surface area contributed by atoms with Crippen LogP contribution in [0.3, 0.4) is 0 Å². The van der Waals surface area contributed by atoms with Gasteiger partial charge in [-0.15, -0.1) is 0 Å². The molecule has 22 N–H and O–H groups in total. The lowest BCUT2D eigenvalue weighted by atomic mass is 9.89. The lowest BCUT2D eigenvalue weighted by molar-refractivity contribution is -0.277. The number of phenolic OH excluding ortho intramolecular Hbond substituents is 4. The van der Waals surface area contributed by atoms with Crippen molar-refractivity contribution < 1.29 is 143 Å². The number of aliphatic hydroxyl groups excluding tert-OH is 9. The number of carboxylic acids is 1. The molecule has 2 fully saturated rings. The van der Waals surface area contributed by atoms with Crippen LogP contribution in [0.25, 0.3) is 11.1 Å². The predicted molar refractivity (Wildman–Crippen MR) is 434 cm³/mol. The number of hydrogen-bond donors (Lipinski definition) is 22. The number of halogens is 4. The van der Waals surface area contributed by atoms with E-state index in [1.807, 2.05) is 0 Å². The van der Waals surface area contributed by atoms with Crippen molar-refractivity contribution in [2.24, 2.45) is 0 Å². The fourth-order valence-electron chi connectivity index (χ4n) is 15.4. The predicted octanol–water partition coefficient (Wildman–Crippen LogP) is 5.03. The summed E-state index contributed by atoms with van der Waals surface area (Å²) in [5.74, 6) is -19.3. The van der Waals surface area contributed by atoms with Gasteiger partial charge in [0.1, 0.15) is 132 Å². The molecule has 7 aromatic rings. The van der Waals surface area contributed by atoms with E-state index in [2.05, 4.69) is 49.5 Å². The number of ether oxygens (including phenoxy) is 7. The number of amides is 7. The van der Waals surface area contributed by atoms with Crippen molar-refractivity contribution in [2.75, 3.05) is 20.3 Å². The number of phenols is 4. The van der Waals surface area contributed by atoms with E-state index in [-0.39, 0.29) is 23.3 Å². The molecule has 17 bridgehead atoms. The van der Waals surface area contributed by atoms with Crippen LogP contribution < -0.4 is 66.2 Å². The van der Waals surface area contributed by atoms with Crippen LogP contribution in [0.4, 0.5) is 0 Å². The van der Waals surface area contributed by atoms with Gasteiger partial charge in [0.05, 0.1) is 33.3 Å². The Morgan fingerprint density at radius 3 is 1.69 bits per heavy atom. The summed E-state index contributed by atoms with van der Waals surface area (Å²) >= 11 is 28.6. The fraction of sp³-hybridized carbons (Fsp3) is 0.398. The average Bonchev–Trinajstić information content (AvgIpc) is 0.758. The second-order valence-electron chi connectivity index (χ2n) is 30.4. The molecule has 19 atom stereocenters. The highest BCUT2D eigenvalue weighted by atomic mass is 35.5. The minimum absolute atomic E-state index is 0.0865. The van der Waals surface area contributed by atoms with E-state index in [4.69, 9.17) is 79.6 Å². The molecular weight excluding hydrogens is 1710 g/mol. The van der Waals surface area contributed by atoms with Gasteiger partial charge >= 0.3 is 5.97 Å². The molecule has 662 valence electrons. The average molecular weight is 1800 g/mol. The van der Waals surface area contributed by atoms with Gasteiger partial charge in [0.15, 0.2) is 34.8 Å². The maximum atomic E-state index is 16.7. The summed E-state index contributed by atoms with van der Waals surface area (Å²) in [5.41, 5.74) is -4.30. The number of aliphatic hydroxyl groups is 9. The molecule has 41 heteroatoms. The Balaban J connectivity index is 1.05. The lowest BCUT2D eigenvalue weighted by Crippen LogP contribution is -2.65. The maximum Gasteiger partial charge on any atom is 0.330 e. The zero-order valence-electron chi connectivity index (χ0n) is 65.7. The number of aliphatic carboxylic acids is 1. The van der Waals surface area contributed by atoms with Gasteiger partial charge in [-0.25, -0.2) is 4.79 Å². The van der Waals surface area contributed by atoms with Crippen LogP contribution in [0.1, 0.15) is 152 Å². The Morgan fingerprint density at radius 1 is 0.476 bits per heavy atom. The summed E-state index contributed by atoms with van der Waals surface area (Å²) in [7, 11) is 1.35. The van der Waals surface area contributed by atoms with Crippen LogP contribution in [0, 0.1) is 0 Å². The highest BCUT2D eigenvalue weighted by molar-refractivity contribution is 6.37. The lowest BCUT2D eigenvalue weighted by Gasteiger charge is -2.42. The summed E-state index contributed by atoms with van der Waals surface area (Å²) in [5, 5.41) is 179. The smallest absolute Gasteiger partial charge is 0.330 e. The first-order valence-corrected chi connectivity index (χ1v) is 40.9. The Kier molecular flexibility index (Phi) is 28.4. The van der Waals surface area contributed by atoms with E-state index in [1.165, 1.54) is 25.2 Å². The normalized spacial score (nSPS) is 26.9. The minimum atomic E-state index is -2.55. The number of aromatic hydroxyl groups is 4. The molecule has 2 saturated heterocycles. The van der Waals surface area contributed by atoms with Gasteiger partial charge in [0.25, 0.3) is 0 Å². The van der Waals surface area contributed by atoms with Gasteiger partial charge in [0, 0.05) is 40.8 Å². The molecule has 7 amide bonds. The summed E-state index contributed by atoms with van der Waals surface area (Å²) in [6, 6.07) is -0.532. The summed E-state index contributed by atoms with van der Waals surface area (Å²) in [4.78, 5) is 123. The first-order chi connectivity index (χ1) is 59.2. The number of unbranched alkanes of at least 4 members (excludes halogenated alkanes) is 8. The summed E-state index contributed by atoms with van der Waals surface area (Å²) in [6.07, 6.45) is -14.8. The van der Waals surface area contributed by atoms with Crippen LogP contribution in [-0.4, -0.2) is 213 Å². The summed E-state index contributed by atoms with van der Waals surface area (Å²) in [6.45, 7) is 0.0954. The van der Waals surface area contributed by atoms with Crippen molar-refractivity contribution in [3.63, 3.8) is 0 Å². The third-order valence-electron chi connectivity index (χ3n) is 22.0. The molecule has 7 aromatic carbocycles. The molecule has 0 unspecified atom stereocenters. The van der Waals surface area contributed by atoms with Gasteiger partial charge in [-0.2, -0.15) is 0 Å². The zero-order chi connectivity index (χ0) is 89.1. The number of carboxylic acid groups (broad SMARTS) is 1. The Labute approximate surface area is 725 Å². The Morgan fingerprint density at radius 2 is 1.03 bits per heavy atom. The monoisotopic (exact) mass is 1800 g/mol. The van der Waals surface area contributed by atoms with E-state index >= 15 is 24.0 Å². The standard InChI is InChI=1S/C83H88Cl4N8O29/c1-3-4-5-6-7-8-9-10-11-12-55(102)89-65-70(107)68(105)53(30-96)122-82(65)124-74-51-24-35-25-52(74)120-73-43(85)21-36(22-44(73)86)67(104)64-80(115)93-62(81(116)117)40-26-37(98)27-50(121-83-72(109)71(108)69(106)54(31-97)123-83)56(40)39-19-32(13-16-45(39)99)59(76(111)95-64)90-77(112)60(35)91-78(113)61-41-28-38(29-47(101)57(41)87)118-49-23-33(14-17-46(49)100)58(88-2)75(110)94-63(79(114)92-61)66(103)34-15-18-48(119-51)42(84)20-34/h13-29,53-54,58-72,82-83,88,96-101,103-109H,3-12,30-31H2,1-2H3,(H,89,102)(H,90,112)(H,91,113)(H,92,114)(H,93,115)(H,94,110)(H,95,111)(H,116,117)/t53-,54+,58+,59-,60-,61-,62+,63-,64+,65-,66-,67-,68-,69+,70-,71-,72+,82+,83+/m1/s1. The highest BCUT2D eigenvalue weighted by Gasteiger charge is 2.50. The molecule has 8 aliphatic rings. The molecule has 0 aromatic heterocycles. The molecule has 15 rings (SSSR count). The Hall–Kier alpha value is -10.8. The Bertz CT molecular complexity index is 5240. The molecule has 8 aliphatic heterocycles. The van der Waals surface area contributed by atoms with E-state index in [0.29, 0.717) is 12.8 Å². The number of carbonyl (C=O) groups excluding carboxylic acids is 7. The van der Waals surface area contributed by atoms with Crippen molar-refractivity contribution in [3.8, 4) is 80.1 Å². The van der Waals surface area contributed by atoms with E-state index < -0.39 is 299 Å². The third-order valence-corrected chi connectivity index (χ3v) is 23.3. The SMILES string of the molecule is CCCCCCCCCCCC(=O)N[C@H]1[C@H](Oc2c3cc4cc2Oc2c(Cl)cc(cc2Cl)[C@@H](O)[C@@H]2NC(=O)[C@H](NC(=O)[C@@H]4NC(=O)[C@@H]4NC(=O)[C@H](NC(=O)[C@@H](NC)c5ccc(O)c(c5)Oc5cc(O)c(Cl)c4c5)[C@H](O)c4ccc(c(Cl)c4)O3)c3ccc(O)c(c3)-c3c(O[C@H]4O[C@@H](CO)[C@H](O)[C@@H](O)[C@@H]4O)cc(O)cc3[C@@H](C(=O)O)NC2=O)O[C@H](CO)[C@@H](O)[C@@H]1O. The molecule has 124 heavy (non-hydrogen) atoms. The van der Waals surface area contributed by atoms with Crippen LogP contribution in [0.2, 0.25) is 20.1 Å². The van der Waals surface area contributed by atoms with E-state index in [0.717, 1.165) is 130 Å². The van der Waals surface area contributed by atoms with Crippen molar-refractivity contribution in [2.45, 2.75) is 187 Å². The van der Waals surface area contributed by atoms with Crippen LogP contribution in [-0.2, 0) is 47.8 Å². The van der Waals surface area contributed by atoms with E-state index in [1.54, 1.807) is 0 Å². The number of fused-ring (bicyclic) bond motifs is 14. The van der Waals surface area contributed by atoms with Gasteiger partial charge < -0.3 is 147 Å². The molecule has 0 radical (unpaired) electrons. The highest BCUT2D eigenvalue weighted by Crippen LogP contribution is 2.52. The molecule has 8 heterocycles. The fourth-order valence-corrected chi connectivity index (χ4v) is 16.4. The van der Waals surface area contributed by atoms with Crippen molar-refractivity contribution in [1.82, 2.24) is 42.5 Å². The van der Waals surface area contributed by atoms with Gasteiger partial charge in [-0.05, 0) is 114 Å². The largest absolute Gasteiger partial charge is 0.508 e. The van der Waals surface area contributed by atoms with E-state index in [9.17, 15) is 85.9 Å². The molecule has 0 aliphatic carbocycles. The molecule has 0 saturated carbocycles. The first kappa shape index (κ1) is 90.9. The van der Waals surface area contributed by atoms with Crippen LogP contribution in [0.5, 0.6) is 69.0 Å². The topological polar surface area (TPSA) is 581 Å². The number of nitrogens with one attached hydrogen (secondary N) is 8. The number of rotatable bonds is 19. The summed E-state index contributed by atoms with van der Waals surface area (Å²) < 4.78 is 44.3. The number of benzene rings is 7. The third kappa shape index (κ3) is 19.2. The van der Waals surface area contributed by atoms with Crippen molar-refractivity contribution >= 4 is 93.7 Å². The van der Waals surface area contributed by atoms with Crippen LogP contribution in [0.15, 0.2) is 103 Å². The van der Waals surface area contributed by atoms with Gasteiger partial charge in [-0.1, -0.05) is 123 Å². The number of carbonyl (C=O) groups is 8. The maximum absolute atomic E-state index is 16.7. The minimum Gasteiger partial charge on any atom is -0.508 e. The van der Waals surface area contributed by atoms with Gasteiger partial charge in [0.2, 0.25) is 59.7 Å². The molecule has 0 spiro atoms. The van der Waals surface area contributed by atoms with Crippen molar-refractivity contribution in [1.29, 1.82) is 0 Å². The van der Waals surface area contributed by atoms with Gasteiger partial charge in [-0.3, -0.25) is 33.6 Å². The number of hydrogen-bond acceptors (Lipinski definition) is 29. The quantitative estimate of drug-likeness (QED) is 0.0472. The number of likely N-dealkylation sites (N-methyl/N-ethyl adjacent to an activating group) is 1. The molecular formula is C83H88Cl4N8O29. The second-order valence-corrected chi connectivity index (χ2v) is 32.0.